The van der Waals surface area contributed by atoms with E-state index in [0.717, 1.165) is 7.11 Å². The van der Waals surface area contributed by atoms with Crippen molar-refractivity contribution in [2.45, 2.75) is 9.17 Å². The summed E-state index contributed by atoms with van der Waals surface area (Å²) in [5.74, 6) is 0. The van der Waals surface area contributed by atoms with Gasteiger partial charge in [0.1, 0.15) is 11.4 Å². The fourth-order valence-corrected chi connectivity index (χ4v) is 0.512. The maximum absolute atomic E-state index is 10.4. The second-order valence-electron chi connectivity index (χ2n) is 1.80. The van der Waals surface area contributed by atoms with Crippen LogP contribution in [-0.2, 0) is 9.47 Å². The minimum absolute atomic E-state index is 0.333. The van der Waals surface area contributed by atoms with Crippen LogP contribution < -0.4 is 0 Å². The Balaban J connectivity index is 3.83. The van der Waals surface area contributed by atoms with Crippen molar-refractivity contribution in [3.63, 3.8) is 0 Å². The quantitative estimate of drug-likeness (QED) is 0.575. The van der Waals surface area contributed by atoms with Crippen LogP contribution >= 0.6 is 46.4 Å². The molecule has 0 atom stereocenters. The lowest BCUT2D eigenvalue weighted by Crippen LogP contribution is -2.29. The Morgan fingerprint density at radius 3 is 2.33 bits per heavy atom. The normalized spacial score (nSPS) is 11.5. The van der Waals surface area contributed by atoms with Crippen LogP contribution in [0.15, 0.2) is 0 Å². The number of carbonyl (C=O) groups excluding carboxylic acids is 1. The molecular formula is C5H6Cl4O3. The first-order valence-electron chi connectivity index (χ1n) is 2.77. The van der Waals surface area contributed by atoms with E-state index in [-0.39, 0.29) is 6.61 Å². The number of halogens is 4. The number of carbonyl (C=O) groups is 1. The molecule has 0 aromatic rings. The van der Waals surface area contributed by atoms with E-state index in [9.17, 15) is 4.79 Å². The van der Waals surface area contributed by atoms with Crippen molar-refractivity contribution in [1.82, 2.24) is 0 Å². The van der Waals surface area contributed by atoms with Crippen LogP contribution in [0.5, 0.6) is 0 Å². The first-order chi connectivity index (χ1) is 5.40. The molecule has 0 aromatic carbocycles. The third kappa shape index (κ3) is 4.45. The molecule has 0 N–H and O–H groups in total. The zero-order valence-electron chi connectivity index (χ0n) is 6.02. The van der Waals surface area contributed by atoms with Gasteiger partial charge in [0.2, 0.25) is 0 Å². The number of ether oxygens (including phenoxy) is 2. The molecule has 0 bridgehead atoms. The summed E-state index contributed by atoms with van der Waals surface area (Å²) in [5, 5.41) is 0. The van der Waals surface area contributed by atoms with E-state index in [1.807, 2.05) is 0 Å². The van der Waals surface area contributed by atoms with E-state index >= 15 is 0 Å². The lowest BCUT2D eigenvalue weighted by molar-refractivity contribution is 0.0708. The zero-order valence-corrected chi connectivity index (χ0v) is 9.04. The fraction of sp³-hybridized carbons (Fsp3) is 0.800. The first kappa shape index (κ1) is 12.4. The number of rotatable bonds is 3. The standard InChI is InChI=1S/C5H6Cl4O3/c1-11-4(10)12-2-5(8,9)3(6)7/h3H,2H2,1H3. The molecule has 0 amide bonds. The predicted octanol–water partition coefficient (Wildman–Crippen LogP) is 2.75. The van der Waals surface area contributed by atoms with Crippen LogP contribution in [0.1, 0.15) is 0 Å². The van der Waals surface area contributed by atoms with Crippen molar-refractivity contribution in [1.29, 1.82) is 0 Å². The van der Waals surface area contributed by atoms with Gasteiger partial charge in [-0.25, -0.2) is 4.79 Å². The summed E-state index contributed by atoms with van der Waals surface area (Å²) < 4.78 is 7.07. The fourth-order valence-electron chi connectivity index (χ4n) is 0.277. The molecule has 0 aromatic heterocycles. The van der Waals surface area contributed by atoms with Crippen molar-refractivity contribution in [2.75, 3.05) is 13.7 Å². The zero-order chi connectivity index (χ0) is 9.78. The Kier molecular flexibility index (Phi) is 5.41. The maximum Gasteiger partial charge on any atom is 0.508 e. The van der Waals surface area contributed by atoms with Crippen molar-refractivity contribution in [3.05, 3.63) is 0 Å². The summed E-state index contributed by atoms with van der Waals surface area (Å²) in [7, 11) is 1.16. The highest BCUT2D eigenvalue weighted by molar-refractivity contribution is 6.59. The van der Waals surface area contributed by atoms with Gasteiger partial charge >= 0.3 is 6.16 Å². The molecule has 0 saturated carbocycles. The molecule has 0 saturated heterocycles. The number of alkyl halides is 4. The Morgan fingerprint density at radius 1 is 1.50 bits per heavy atom. The molecule has 0 radical (unpaired) electrons. The van der Waals surface area contributed by atoms with Crippen LogP contribution in [0.2, 0.25) is 0 Å². The highest BCUT2D eigenvalue weighted by Crippen LogP contribution is 2.32. The molecule has 12 heavy (non-hydrogen) atoms. The van der Waals surface area contributed by atoms with E-state index in [1.165, 1.54) is 0 Å². The second-order valence-corrected chi connectivity index (χ2v) is 4.44. The third-order valence-electron chi connectivity index (χ3n) is 0.868. The highest BCUT2D eigenvalue weighted by Gasteiger charge is 2.34. The van der Waals surface area contributed by atoms with E-state index in [4.69, 9.17) is 46.4 Å². The SMILES string of the molecule is COC(=O)OCC(Cl)(Cl)C(Cl)Cl. The van der Waals surface area contributed by atoms with Gasteiger partial charge in [-0.1, -0.05) is 23.2 Å². The minimum atomic E-state index is -1.52. The van der Waals surface area contributed by atoms with Gasteiger partial charge in [-0.3, -0.25) is 0 Å². The Labute approximate surface area is 89.8 Å². The molecule has 0 rings (SSSR count). The van der Waals surface area contributed by atoms with Crippen LogP contribution in [-0.4, -0.2) is 29.0 Å². The average Bonchev–Trinajstić information content (AvgIpc) is 2.00. The Bertz CT molecular complexity index is 159. The van der Waals surface area contributed by atoms with Gasteiger partial charge in [0.05, 0.1) is 7.11 Å². The Morgan fingerprint density at radius 2 is 2.00 bits per heavy atom. The minimum Gasteiger partial charge on any atom is -0.438 e. The summed E-state index contributed by atoms with van der Waals surface area (Å²) in [4.78, 5) is 9.38. The average molecular weight is 256 g/mol. The second kappa shape index (κ2) is 5.22. The van der Waals surface area contributed by atoms with Gasteiger partial charge in [-0.05, 0) is 0 Å². The topological polar surface area (TPSA) is 35.5 Å². The van der Waals surface area contributed by atoms with E-state index in [1.54, 1.807) is 0 Å². The Hall–Kier alpha value is 0.430. The number of methoxy groups -OCH3 is 1. The summed E-state index contributed by atoms with van der Waals surface area (Å²) in [6, 6.07) is 0. The van der Waals surface area contributed by atoms with Crippen LogP contribution in [0.25, 0.3) is 0 Å². The first-order valence-corrected chi connectivity index (χ1v) is 4.39. The van der Waals surface area contributed by atoms with Gasteiger partial charge in [0.25, 0.3) is 0 Å². The van der Waals surface area contributed by atoms with Crippen LogP contribution in [0, 0.1) is 0 Å². The van der Waals surface area contributed by atoms with E-state index in [2.05, 4.69) is 9.47 Å². The molecule has 0 heterocycles. The van der Waals surface area contributed by atoms with Crippen LogP contribution in [0.3, 0.4) is 0 Å². The molecule has 7 heteroatoms. The molecule has 3 nitrogen and oxygen atoms in total. The smallest absolute Gasteiger partial charge is 0.438 e. The summed E-state index contributed by atoms with van der Waals surface area (Å²) >= 11 is 21.8. The molecule has 0 aliphatic carbocycles. The largest absolute Gasteiger partial charge is 0.508 e. The van der Waals surface area contributed by atoms with Crippen molar-refractivity contribution < 1.29 is 14.3 Å². The maximum atomic E-state index is 10.4. The van der Waals surface area contributed by atoms with Crippen molar-refractivity contribution >= 4 is 52.6 Å². The molecule has 0 fully saturated rings. The summed E-state index contributed by atoms with van der Waals surface area (Å²) in [6.07, 6.45) is -0.894. The lowest BCUT2D eigenvalue weighted by Gasteiger charge is -2.19. The van der Waals surface area contributed by atoms with Gasteiger partial charge in [0.15, 0.2) is 4.33 Å². The van der Waals surface area contributed by atoms with Gasteiger partial charge < -0.3 is 9.47 Å². The molecule has 0 aliphatic rings. The molecule has 0 unspecified atom stereocenters. The van der Waals surface area contributed by atoms with Crippen LogP contribution in [0.4, 0.5) is 4.79 Å². The van der Waals surface area contributed by atoms with Crippen molar-refractivity contribution in [3.8, 4) is 0 Å². The van der Waals surface area contributed by atoms with Gasteiger partial charge in [-0.2, -0.15) is 0 Å². The molecule has 0 aliphatic heterocycles. The van der Waals surface area contributed by atoms with Gasteiger partial charge in [0, 0.05) is 0 Å². The number of hydrogen-bond donors (Lipinski definition) is 0. The van der Waals surface area contributed by atoms with Gasteiger partial charge in [-0.15, -0.1) is 23.2 Å². The van der Waals surface area contributed by atoms with Crippen molar-refractivity contribution in [2.24, 2.45) is 0 Å². The summed E-state index contributed by atoms with van der Waals surface area (Å²) in [6.45, 7) is -0.333. The monoisotopic (exact) mass is 254 g/mol. The number of hydrogen-bond acceptors (Lipinski definition) is 3. The molecule has 0 spiro atoms. The third-order valence-corrected chi connectivity index (χ3v) is 2.71. The highest BCUT2D eigenvalue weighted by atomic mass is 35.5. The predicted molar refractivity (Wildman–Crippen MR) is 48.3 cm³/mol. The lowest BCUT2D eigenvalue weighted by atomic mass is 10.5. The molecule has 72 valence electrons. The summed E-state index contributed by atoms with van der Waals surface area (Å²) in [5.41, 5.74) is 0. The van der Waals surface area contributed by atoms with E-state index in [0.29, 0.717) is 0 Å². The van der Waals surface area contributed by atoms with E-state index < -0.39 is 15.3 Å². The molecular weight excluding hydrogens is 250 g/mol.